The molecule has 0 aliphatic heterocycles. The lowest BCUT2D eigenvalue weighted by molar-refractivity contribution is -0.168. The number of ether oxygens (including phenoxy) is 1. The molecule has 0 radical (unpaired) electrons. The molecule has 1 aromatic heterocycles. The van der Waals surface area contributed by atoms with Gasteiger partial charge in [0.05, 0.1) is 30.9 Å². The molecule has 0 aliphatic rings. The monoisotopic (exact) mass is 498 g/mol. The van der Waals surface area contributed by atoms with Crippen LogP contribution >= 0.6 is 0 Å². The molecule has 0 spiro atoms. The van der Waals surface area contributed by atoms with E-state index in [0.29, 0.717) is 36.6 Å². The van der Waals surface area contributed by atoms with Gasteiger partial charge in [0, 0.05) is 5.56 Å². The molecule has 2 rings (SSSR count). The molecule has 2 aromatic rings. The van der Waals surface area contributed by atoms with E-state index >= 15 is 0 Å². The third kappa shape index (κ3) is 8.34. The molecular weight excluding hydrogens is 460 g/mol. The zero-order chi connectivity index (χ0) is 26.5. The molecule has 2 atom stereocenters. The first-order valence-corrected chi connectivity index (χ1v) is 12.5. The van der Waals surface area contributed by atoms with Crippen molar-refractivity contribution >= 4 is 18.2 Å². The van der Waals surface area contributed by atoms with E-state index in [-0.39, 0.29) is 18.3 Å². The van der Waals surface area contributed by atoms with Gasteiger partial charge in [-0.05, 0) is 62.6 Å². The molecular formula is C27H38N4O5. The number of hydrogen-bond donors (Lipinski definition) is 3. The quantitative estimate of drug-likeness (QED) is 0.112. The summed E-state index contributed by atoms with van der Waals surface area (Å²) in [5, 5.41) is 15.9. The third-order valence-electron chi connectivity index (χ3n) is 5.94. The van der Waals surface area contributed by atoms with Crippen molar-refractivity contribution < 1.29 is 24.3 Å². The molecule has 196 valence electrons. The van der Waals surface area contributed by atoms with Crippen molar-refractivity contribution in [3.8, 4) is 17.0 Å². The van der Waals surface area contributed by atoms with E-state index in [1.165, 1.54) is 0 Å². The number of aromatic nitrogens is 1. The molecule has 3 amide bonds. The highest BCUT2D eigenvalue weighted by molar-refractivity contribution is 5.93. The summed E-state index contributed by atoms with van der Waals surface area (Å²) < 4.78 is 5.61. The van der Waals surface area contributed by atoms with Crippen molar-refractivity contribution in [2.75, 3.05) is 13.3 Å². The van der Waals surface area contributed by atoms with E-state index in [0.717, 1.165) is 36.1 Å². The van der Waals surface area contributed by atoms with Crippen molar-refractivity contribution in [3.63, 3.8) is 0 Å². The van der Waals surface area contributed by atoms with Gasteiger partial charge in [0.2, 0.25) is 12.3 Å². The molecule has 0 bridgehead atoms. The molecule has 0 saturated heterocycles. The molecule has 3 N–H and O–H groups in total. The minimum Gasteiger partial charge on any atom is -0.494 e. The summed E-state index contributed by atoms with van der Waals surface area (Å²) in [7, 11) is 0. The number of hydroxylamine groups is 2. The Hall–Kier alpha value is -3.46. The summed E-state index contributed by atoms with van der Waals surface area (Å²) in [5.74, 6) is -0.608. The van der Waals surface area contributed by atoms with Gasteiger partial charge in [-0.1, -0.05) is 39.2 Å². The number of carbonyl (C=O) groups excluding carboxylic acids is 3. The summed E-state index contributed by atoms with van der Waals surface area (Å²) in [4.78, 5) is 41.2. The van der Waals surface area contributed by atoms with Gasteiger partial charge in [0.25, 0.3) is 5.91 Å². The van der Waals surface area contributed by atoms with Crippen LogP contribution in [0.2, 0.25) is 0 Å². The summed E-state index contributed by atoms with van der Waals surface area (Å²) in [6.07, 6.45) is 4.00. The van der Waals surface area contributed by atoms with Crippen LogP contribution in [-0.2, 0) is 9.59 Å². The summed E-state index contributed by atoms with van der Waals surface area (Å²) >= 11 is 0. The zero-order valence-electron chi connectivity index (χ0n) is 21.6. The SMILES string of the molecule is CCCCCC(C(=O)NCNC(=O)c1cccc(-c2cc(C)cc(OCC)c2)n1)C(CC)N(O)C=O. The van der Waals surface area contributed by atoms with Crippen LogP contribution in [0.15, 0.2) is 36.4 Å². The number of carbonyl (C=O) groups is 3. The molecule has 9 heteroatoms. The first-order valence-electron chi connectivity index (χ1n) is 12.5. The van der Waals surface area contributed by atoms with E-state index in [2.05, 4.69) is 22.5 Å². The lowest BCUT2D eigenvalue weighted by Crippen LogP contribution is -2.47. The van der Waals surface area contributed by atoms with E-state index in [1.54, 1.807) is 12.1 Å². The van der Waals surface area contributed by atoms with Crippen LogP contribution in [0.5, 0.6) is 5.75 Å². The number of rotatable bonds is 15. The van der Waals surface area contributed by atoms with E-state index < -0.39 is 17.9 Å². The maximum Gasteiger partial charge on any atom is 0.271 e. The number of nitrogens with zero attached hydrogens (tertiary/aromatic N) is 2. The number of nitrogens with one attached hydrogen (secondary N) is 2. The standard InChI is InChI=1S/C27H38N4O5/c1-5-8-9-11-22(25(6-2)31(35)18-32)26(33)28-17-29-27(34)24-13-10-12-23(30-24)20-14-19(4)15-21(16-20)36-7-3/h10,12-16,18,22,25,35H,5-9,11,17H2,1-4H3,(H,28,33)(H,29,34). The van der Waals surface area contributed by atoms with Gasteiger partial charge in [-0.3, -0.25) is 19.6 Å². The first-order chi connectivity index (χ1) is 17.3. The van der Waals surface area contributed by atoms with Crippen LogP contribution in [-0.4, -0.2) is 52.8 Å². The maximum atomic E-state index is 12.9. The smallest absolute Gasteiger partial charge is 0.271 e. The van der Waals surface area contributed by atoms with Gasteiger partial charge >= 0.3 is 0 Å². The minimum atomic E-state index is -0.635. The summed E-state index contributed by atoms with van der Waals surface area (Å²) in [5.41, 5.74) is 2.71. The Balaban J connectivity index is 2.05. The van der Waals surface area contributed by atoms with E-state index in [9.17, 15) is 19.6 Å². The van der Waals surface area contributed by atoms with Gasteiger partial charge < -0.3 is 15.4 Å². The fourth-order valence-electron chi connectivity index (χ4n) is 4.15. The Morgan fingerprint density at radius 1 is 1.14 bits per heavy atom. The van der Waals surface area contributed by atoms with Crippen LogP contribution in [0, 0.1) is 12.8 Å². The Bertz CT molecular complexity index is 1010. The molecule has 1 aromatic carbocycles. The van der Waals surface area contributed by atoms with Gasteiger partial charge in [-0.15, -0.1) is 0 Å². The second-order valence-electron chi connectivity index (χ2n) is 8.66. The molecule has 0 fully saturated rings. The van der Waals surface area contributed by atoms with Crippen molar-refractivity contribution in [2.45, 2.75) is 65.8 Å². The first kappa shape index (κ1) is 28.8. The molecule has 1 heterocycles. The van der Waals surface area contributed by atoms with E-state index in [1.807, 2.05) is 45.0 Å². The average Bonchev–Trinajstić information content (AvgIpc) is 2.87. The maximum absolute atomic E-state index is 12.9. The topological polar surface area (TPSA) is 121 Å². The molecule has 0 aliphatic carbocycles. The normalized spacial score (nSPS) is 12.4. The minimum absolute atomic E-state index is 0.101. The molecule has 36 heavy (non-hydrogen) atoms. The van der Waals surface area contributed by atoms with Crippen molar-refractivity contribution in [1.82, 2.24) is 20.7 Å². The van der Waals surface area contributed by atoms with Crippen LogP contribution in [0.4, 0.5) is 0 Å². The van der Waals surface area contributed by atoms with E-state index in [4.69, 9.17) is 4.74 Å². The van der Waals surface area contributed by atoms with Gasteiger partial charge in [0.15, 0.2) is 0 Å². The summed E-state index contributed by atoms with van der Waals surface area (Å²) in [6.45, 7) is 8.20. The van der Waals surface area contributed by atoms with Crippen molar-refractivity contribution in [3.05, 3.63) is 47.7 Å². The molecule has 2 unspecified atom stereocenters. The fourth-order valence-corrected chi connectivity index (χ4v) is 4.15. The Labute approximate surface area is 213 Å². The predicted molar refractivity (Wildman–Crippen MR) is 137 cm³/mol. The number of aryl methyl sites for hydroxylation is 1. The second kappa shape index (κ2) is 14.8. The Morgan fingerprint density at radius 3 is 2.58 bits per heavy atom. The number of pyridine rings is 1. The average molecular weight is 499 g/mol. The highest BCUT2D eigenvalue weighted by Crippen LogP contribution is 2.25. The predicted octanol–water partition coefficient (Wildman–Crippen LogP) is 4.08. The number of hydrogen-bond acceptors (Lipinski definition) is 6. The largest absolute Gasteiger partial charge is 0.494 e. The van der Waals surface area contributed by atoms with Crippen LogP contribution in [0.1, 0.15) is 68.9 Å². The van der Waals surface area contributed by atoms with Crippen LogP contribution in [0.3, 0.4) is 0 Å². The lowest BCUT2D eigenvalue weighted by Gasteiger charge is -2.29. The lowest BCUT2D eigenvalue weighted by atomic mass is 9.90. The van der Waals surface area contributed by atoms with Crippen molar-refractivity contribution in [1.29, 1.82) is 0 Å². The van der Waals surface area contributed by atoms with Gasteiger partial charge in [-0.25, -0.2) is 10.0 Å². The Morgan fingerprint density at radius 2 is 1.92 bits per heavy atom. The van der Waals surface area contributed by atoms with Gasteiger partial charge in [-0.2, -0.15) is 0 Å². The number of benzene rings is 1. The van der Waals surface area contributed by atoms with Crippen molar-refractivity contribution in [2.24, 2.45) is 5.92 Å². The fraction of sp³-hybridized carbons (Fsp3) is 0.481. The molecule has 9 nitrogen and oxygen atoms in total. The summed E-state index contributed by atoms with van der Waals surface area (Å²) in [6, 6.07) is 10.3. The van der Waals surface area contributed by atoms with Gasteiger partial charge in [0.1, 0.15) is 11.4 Å². The van der Waals surface area contributed by atoms with Crippen LogP contribution in [0.25, 0.3) is 11.3 Å². The third-order valence-corrected chi connectivity index (χ3v) is 5.94. The second-order valence-corrected chi connectivity index (χ2v) is 8.66. The highest BCUT2D eigenvalue weighted by atomic mass is 16.5. The molecule has 0 saturated carbocycles. The van der Waals surface area contributed by atoms with Crippen LogP contribution < -0.4 is 15.4 Å². The number of amides is 3. The number of unbranched alkanes of at least 4 members (excludes halogenated alkanes) is 2. The highest BCUT2D eigenvalue weighted by Gasteiger charge is 2.30. The Kier molecular flexibility index (Phi) is 11.9. The zero-order valence-corrected chi connectivity index (χ0v) is 21.6.